The summed E-state index contributed by atoms with van der Waals surface area (Å²) in [4.78, 5) is 25.1. The van der Waals surface area contributed by atoms with E-state index in [2.05, 4.69) is 43.5 Å². The minimum atomic E-state index is -1.57. The molecule has 1 aliphatic heterocycles. The van der Waals surface area contributed by atoms with E-state index >= 15 is 0 Å². The Balaban J connectivity index is 1.93. The number of esters is 1. The highest BCUT2D eigenvalue weighted by molar-refractivity contribution is 5.76. The number of aliphatic hydroxyl groups is 5. The van der Waals surface area contributed by atoms with E-state index < -0.39 is 49.5 Å². The van der Waals surface area contributed by atoms with Crippen LogP contribution in [-0.2, 0) is 23.8 Å². The highest BCUT2D eigenvalue weighted by Gasteiger charge is 2.44. The van der Waals surface area contributed by atoms with E-state index in [0.717, 1.165) is 64.2 Å². The van der Waals surface area contributed by atoms with Gasteiger partial charge in [-0.2, -0.15) is 0 Å². The lowest BCUT2D eigenvalue weighted by Crippen LogP contribution is -2.60. The molecule has 1 aliphatic rings. The smallest absolute Gasteiger partial charge is 0.305 e. The number of unbranched alkanes of at least 4 members (excludes halogenated alkanes) is 41. The number of hydrogen-bond donors (Lipinski definition) is 6. The molecule has 1 rings (SSSR count). The fourth-order valence-corrected chi connectivity index (χ4v) is 10.6. The van der Waals surface area contributed by atoms with Gasteiger partial charge in [0.05, 0.1) is 32.0 Å². The van der Waals surface area contributed by atoms with Crippen LogP contribution in [0.25, 0.3) is 0 Å². The Labute approximate surface area is 485 Å². The topological polar surface area (TPSA) is 175 Å². The van der Waals surface area contributed by atoms with E-state index in [9.17, 15) is 35.1 Å². The summed E-state index contributed by atoms with van der Waals surface area (Å²) in [6, 6.07) is -0.807. The third-order valence-corrected chi connectivity index (χ3v) is 16.0. The number of carbonyl (C=O) groups is 2. The first-order valence-electron chi connectivity index (χ1n) is 33.8. The summed E-state index contributed by atoms with van der Waals surface area (Å²) in [5, 5.41) is 54.3. The van der Waals surface area contributed by atoms with Crippen molar-refractivity contribution >= 4 is 11.9 Å². The molecule has 11 heteroatoms. The molecule has 464 valence electrons. The second-order valence-corrected chi connectivity index (χ2v) is 23.5. The number of nitrogens with one attached hydrogen (secondary N) is 1. The average molecular weight is 1120 g/mol. The number of carbonyl (C=O) groups excluding carboxylic acids is 2. The van der Waals surface area contributed by atoms with Gasteiger partial charge in [-0.1, -0.05) is 281 Å². The summed E-state index contributed by atoms with van der Waals surface area (Å²) in [5.41, 5.74) is 0. The summed E-state index contributed by atoms with van der Waals surface area (Å²) >= 11 is 0. The van der Waals surface area contributed by atoms with Crippen LogP contribution in [0.2, 0.25) is 0 Å². The predicted octanol–water partition coefficient (Wildman–Crippen LogP) is 16.6. The SMILES string of the molecule is CCCCCC/C=C\C/C=C\CCCCCCCC(=O)OCCCCCCCCCCCCCCCCCCCCCCCCCCCCC(=O)NC(COC1OC(CO)C(O)C(O)C1O)C(O)/C=C/CCCCCCCCC. The van der Waals surface area contributed by atoms with Crippen LogP contribution < -0.4 is 5.32 Å². The van der Waals surface area contributed by atoms with Crippen LogP contribution >= 0.6 is 0 Å². The number of ether oxygens (including phenoxy) is 3. The monoisotopic (exact) mass is 1120 g/mol. The van der Waals surface area contributed by atoms with Gasteiger partial charge in [-0.05, 0) is 64.2 Å². The van der Waals surface area contributed by atoms with Crippen LogP contribution in [0.4, 0.5) is 0 Å². The zero-order valence-electron chi connectivity index (χ0n) is 51.3. The minimum Gasteiger partial charge on any atom is -0.466 e. The molecule has 1 fully saturated rings. The molecule has 79 heavy (non-hydrogen) atoms. The molecule has 0 aliphatic carbocycles. The Hall–Kier alpha value is -2.12. The van der Waals surface area contributed by atoms with Crippen molar-refractivity contribution < 1.29 is 49.3 Å². The predicted molar refractivity (Wildman–Crippen MR) is 329 cm³/mol. The van der Waals surface area contributed by atoms with Crippen molar-refractivity contribution in [2.24, 2.45) is 0 Å². The Bertz CT molecular complexity index is 1410. The molecule has 0 aromatic heterocycles. The molecule has 7 unspecified atom stereocenters. The third-order valence-electron chi connectivity index (χ3n) is 16.0. The van der Waals surface area contributed by atoms with Crippen molar-refractivity contribution in [3.8, 4) is 0 Å². The van der Waals surface area contributed by atoms with Gasteiger partial charge in [-0.3, -0.25) is 9.59 Å². The maximum Gasteiger partial charge on any atom is 0.305 e. The van der Waals surface area contributed by atoms with E-state index in [1.165, 1.54) is 231 Å². The molecular weight excluding hydrogens is 991 g/mol. The second kappa shape index (κ2) is 57.7. The highest BCUT2D eigenvalue weighted by Crippen LogP contribution is 2.23. The van der Waals surface area contributed by atoms with Gasteiger partial charge in [0.2, 0.25) is 5.91 Å². The van der Waals surface area contributed by atoms with Gasteiger partial charge in [0.1, 0.15) is 24.4 Å². The highest BCUT2D eigenvalue weighted by atomic mass is 16.7. The molecule has 11 nitrogen and oxygen atoms in total. The molecule has 0 radical (unpaired) electrons. The maximum absolute atomic E-state index is 13.0. The summed E-state index contributed by atoms with van der Waals surface area (Å²) in [6.45, 7) is 4.31. The normalized spacial score (nSPS) is 18.6. The van der Waals surface area contributed by atoms with Gasteiger partial charge in [0.15, 0.2) is 6.29 Å². The molecule has 0 spiro atoms. The summed E-state index contributed by atoms with van der Waals surface area (Å²) in [6.07, 6.45) is 62.8. The van der Waals surface area contributed by atoms with E-state index in [4.69, 9.17) is 14.2 Å². The molecule has 1 saturated heterocycles. The summed E-state index contributed by atoms with van der Waals surface area (Å²) < 4.78 is 16.7. The molecule has 1 amide bonds. The lowest BCUT2D eigenvalue weighted by molar-refractivity contribution is -0.302. The van der Waals surface area contributed by atoms with Crippen LogP contribution in [0, 0.1) is 0 Å². The number of hydrogen-bond acceptors (Lipinski definition) is 10. The fourth-order valence-electron chi connectivity index (χ4n) is 10.6. The van der Waals surface area contributed by atoms with Crippen molar-refractivity contribution in [3.63, 3.8) is 0 Å². The van der Waals surface area contributed by atoms with Gasteiger partial charge < -0.3 is 45.1 Å². The van der Waals surface area contributed by atoms with E-state index in [1.807, 2.05) is 6.08 Å². The molecule has 1 heterocycles. The molecule has 7 atom stereocenters. The standard InChI is InChI=1S/C68H127NO10/c1-3-5-7-9-11-13-14-15-16-30-33-36-40-44-48-52-56-64(73)77-57-53-49-45-41-37-34-31-28-26-24-22-20-18-17-19-21-23-25-27-29-32-35-39-43-47-51-55-63(72)69-60(61(71)54-50-46-42-38-12-10-8-6-4-2)59-78-68-67(76)66(75)65(74)62(58-70)79-68/h13-14,16,30,50,54,60-62,65-68,70-71,74-76H,3-12,15,17-29,31-49,51-53,55-59H2,1-2H3,(H,69,72)/b14-13-,30-16-,54-50+. The lowest BCUT2D eigenvalue weighted by Gasteiger charge is -2.40. The first-order chi connectivity index (χ1) is 38.7. The van der Waals surface area contributed by atoms with Gasteiger partial charge >= 0.3 is 5.97 Å². The number of amides is 1. The molecule has 0 bridgehead atoms. The number of aliphatic hydroxyl groups excluding tert-OH is 5. The van der Waals surface area contributed by atoms with Crippen molar-refractivity contribution in [3.05, 3.63) is 36.5 Å². The second-order valence-electron chi connectivity index (χ2n) is 23.5. The van der Waals surface area contributed by atoms with Gasteiger partial charge in [0, 0.05) is 12.8 Å². The summed E-state index contributed by atoms with van der Waals surface area (Å²) in [7, 11) is 0. The van der Waals surface area contributed by atoms with Crippen molar-refractivity contribution in [1.82, 2.24) is 5.32 Å². The summed E-state index contributed by atoms with van der Waals surface area (Å²) in [5.74, 6) is -0.187. The first-order valence-corrected chi connectivity index (χ1v) is 33.8. The lowest BCUT2D eigenvalue weighted by atomic mass is 9.99. The minimum absolute atomic E-state index is 0.00619. The Morgan fingerprint density at radius 3 is 1.29 bits per heavy atom. The Morgan fingerprint density at radius 1 is 0.468 bits per heavy atom. The molecule has 0 aromatic carbocycles. The third kappa shape index (κ3) is 47.0. The van der Waals surface area contributed by atoms with E-state index in [0.29, 0.717) is 19.4 Å². The molecule has 0 aromatic rings. The quantitative estimate of drug-likeness (QED) is 0.0195. The van der Waals surface area contributed by atoms with Gasteiger partial charge in [-0.25, -0.2) is 0 Å². The van der Waals surface area contributed by atoms with Crippen LogP contribution in [0.5, 0.6) is 0 Å². The van der Waals surface area contributed by atoms with E-state index in [-0.39, 0.29) is 18.5 Å². The number of rotatable bonds is 59. The van der Waals surface area contributed by atoms with Crippen molar-refractivity contribution in [1.29, 1.82) is 0 Å². The number of allylic oxidation sites excluding steroid dienone is 5. The molecular formula is C68H127NO10. The van der Waals surface area contributed by atoms with Crippen LogP contribution in [-0.4, -0.2) is 100 Å². The maximum atomic E-state index is 13.0. The Kier molecular flexibility index (Phi) is 54.7. The van der Waals surface area contributed by atoms with Crippen molar-refractivity contribution in [2.75, 3.05) is 19.8 Å². The fraction of sp³-hybridized carbons (Fsp3) is 0.882. The Morgan fingerprint density at radius 2 is 0.848 bits per heavy atom. The average Bonchev–Trinajstić information content (AvgIpc) is 3.47. The van der Waals surface area contributed by atoms with Crippen molar-refractivity contribution in [2.45, 2.75) is 365 Å². The zero-order valence-corrected chi connectivity index (χ0v) is 51.3. The van der Waals surface area contributed by atoms with Crippen LogP contribution in [0.3, 0.4) is 0 Å². The van der Waals surface area contributed by atoms with E-state index in [1.54, 1.807) is 6.08 Å². The molecule has 0 saturated carbocycles. The van der Waals surface area contributed by atoms with Crippen LogP contribution in [0.15, 0.2) is 36.5 Å². The van der Waals surface area contributed by atoms with Gasteiger partial charge in [0.25, 0.3) is 0 Å². The largest absolute Gasteiger partial charge is 0.466 e. The van der Waals surface area contributed by atoms with Gasteiger partial charge in [-0.15, -0.1) is 0 Å². The molecule has 6 N–H and O–H groups in total. The first kappa shape index (κ1) is 74.9. The zero-order chi connectivity index (χ0) is 57.3. The van der Waals surface area contributed by atoms with Crippen LogP contribution in [0.1, 0.15) is 322 Å².